The second-order valence-electron chi connectivity index (χ2n) is 12.4. The van der Waals surface area contributed by atoms with E-state index in [0.29, 0.717) is 57.2 Å². The molecule has 13 nitrogen and oxygen atoms in total. The number of aromatic amines is 1. The highest BCUT2D eigenvalue weighted by molar-refractivity contribution is 5.92. The van der Waals surface area contributed by atoms with E-state index in [1.165, 1.54) is 6.07 Å². The summed E-state index contributed by atoms with van der Waals surface area (Å²) in [5, 5.41) is 31.0. The number of aryl methyl sites for hydroxylation is 1. The Kier molecular flexibility index (Phi) is 8.04. The Bertz CT molecular complexity index is 1690. The van der Waals surface area contributed by atoms with E-state index in [-0.39, 0.29) is 23.8 Å². The summed E-state index contributed by atoms with van der Waals surface area (Å²) in [5.41, 5.74) is 4.10. The Hall–Kier alpha value is -4.59. The highest BCUT2D eigenvalue weighted by Gasteiger charge is 2.34. The maximum atomic E-state index is 14.2. The van der Waals surface area contributed by atoms with Gasteiger partial charge in [-0.05, 0) is 85.7 Å². The lowest BCUT2D eigenvalue weighted by Gasteiger charge is -2.40. The van der Waals surface area contributed by atoms with Crippen LogP contribution < -0.4 is 16.0 Å². The van der Waals surface area contributed by atoms with Crippen molar-refractivity contribution >= 4 is 28.7 Å². The Morgan fingerprint density at radius 2 is 1.98 bits per heavy atom. The van der Waals surface area contributed by atoms with Crippen molar-refractivity contribution in [3.63, 3.8) is 0 Å². The molecule has 4 aromatic rings. The number of amides is 4. The van der Waals surface area contributed by atoms with Crippen LogP contribution in [0.25, 0.3) is 10.9 Å². The van der Waals surface area contributed by atoms with E-state index in [4.69, 9.17) is 5.10 Å². The number of likely N-dealkylation sites (tertiary alicyclic amines) is 1. The summed E-state index contributed by atoms with van der Waals surface area (Å²) < 4.78 is 14.2. The zero-order valence-electron chi connectivity index (χ0n) is 25.3. The molecular formula is C31H38FN11O2. The molecular weight excluding hydrogens is 577 g/mol. The number of fused-ring (bicyclic) bond motifs is 2. The molecule has 5 heterocycles. The lowest BCUT2D eigenvalue weighted by Crippen LogP contribution is -2.53. The molecule has 4 amide bonds. The Labute approximate surface area is 259 Å². The number of nitrogens with zero attached hydrogens (tertiary/aromatic N) is 7. The number of hydrogen-bond donors (Lipinski definition) is 4. The van der Waals surface area contributed by atoms with Gasteiger partial charge in [0.05, 0.1) is 30.0 Å². The number of anilines is 1. The fourth-order valence-electron chi connectivity index (χ4n) is 6.83. The van der Waals surface area contributed by atoms with Gasteiger partial charge < -0.3 is 25.8 Å². The minimum absolute atomic E-state index is 0.0533. The zero-order valence-corrected chi connectivity index (χ0v) is 25.3. The fourth-order valence-corrected chi connectivity index (χ4v) is 6.83. The lowest BCUT2D eigenvalue weighted by molar-refractivity contribution is 0.126. The summed E-state index contributed by atoms with van der Waals surface area (Å²) in [6, 6.07) is 7.95. The Balaban J connectivity index is 1.04. The van der Waals surface area contributed by atoms with Gasteiger partial charge in [0, 0.05) is 37.5 Å². The van der Waals surface area contributed by atoms with Gasteiger partial charge in [0.1, 0.15) is 5.82 Å². The number of benzene rings is 2. The van der Waals surface area contributed by atoms with Crippen molar-refractivity contribution in [3.05, 3.63) is 64.9 Å². The standard InChI is InChI=1S/C31H38FN11O2/c1-19-13-21(14-23-16-34-37-27(19)23)15-26(29-38-40-43(39-29)17-20-5-9-33-10-6-20)35-30(44)41-11-7-24(8-12-41)42-18-22-3-2-4-25(32)28(22)36-31(42)45/h2-4,13-14,16,20,24,26,33H,5-12,15,17-18H2,1H3,(H,34,37)(H,35,44)(H,36,45). The van der Waals surface area contributed by atoms with Gasteiger partial charge in [-0.15, -0.1) is 10.2 Å². The third kappa shape index (κ3) is 6.19. The number of nitrogens with one attached hydrogen (secondary N) is 4. The van der Waals surface area contributed by atoms with Crippen molar-refractivity contribution in [1.82, 2.24) is 50.8 Å². The van der Waals surface area contributed by atoms with Crippen LogP contribution in [-0.4, -0.2) is 84.5 Å². The number of hydrogen-bond acceptors (Lipinski definition) is 7. The van der Waals surface area contributed by atoms with E-state index in [1.54, 1.807) is 26.9 Å². The number of tetrazole rings is 1. The van der Waals surface area contributed by atoms with Crippen molar-refractivity contribution in [2.24, 2.45) is 5.92 Å². The number of halogens is 1. The van der Waals surface area contributed by atoms with Crippen LogP contribution in [0.5, 0.6) is 0 Å². The molecule has 4 N–H and O–H groups in total. The summed E-state index contributed by atoms with van der Waals surface area (Å²) in [5.74, 6) is 0.540. The number of aromatic nitrogens is 6. The summed E-state index contributed by atoms with van der Waals surface area (Å²) in [6.07, 6.45) is 5.68. The van der Waals surface area contributed by atoms with Crippen LogP contribution in [0, 0.1) is 18.7 Å². The SMILES string of the molecule is Cc1cc(CC(NC(=O)N2CCC(N3Cc4cccc(F)c4NC3=O)CC2)c2nnn(CC3CCNCC3)n2)cc2cn[nH]c12. The van der Waals surface area contributed by atoms with Crippen LogP contribution in [0.4, 0.5) is 19.7 Å². The number of piperidine rings is 2. The van der Waals surface area contributed by atoms with Crippen LogP contribution in [0.1, 0.15) is 54.2 Å². The first kappa shape index (κ1) is 29.1. The molecule has 3 aliphatic heterocycles. The highest BCUT2D eigenvalue weighted by Crippen LogP contribution is 2.30. The van der Waals surface area contributed by atoms with E-state index in [0.717, 1.165) is 53.5 Å². The molecule has 2 aromatic carbocycles. The second-order valence-corrected chi connectivity index (χ2v) is 12.4. The molecule has 2 fully saturated rings. The summed E-state index contributed by atoms with van der Waals surface area (Å²) in [6.45, 7) is 6.03. The Morgan fingerprint density at radius 1 is 1.16 bits per heavy atom. The number of para-hydroxylation sites is 1. The zero-order chi connectivity index (χ0) is 30.9. The maximum Gasteiger partial charge on any atom is 0.322 e. The van der Waals surface area contributed by atoms with Gasteiger partial charge in [0.25, 0.3) is 0 Å². The van der Waals surface area contributed by atoms with Crippen molar-refractivity contribution in [1.29, 1.82) is 0 Å². The normalized spacial score (nSPS) is 18.6. The van der Waals surface area contributed by atoms with Crippen molar-refractivity contribution in [2.45, 2.75) is 64.2 Å². The number of carbonyl (C=O) groups is 2. The molecule has 0 aliphatic carbocycles. The van der Waals surface area contributed by atoms with Crippen LogP contribution in [-0.2, 0) is 19.5 Å². The van der Waals surface area contributed by atoms with Gasteiger partial charge in [-0.1, -0.05) is 18.2 Å². The minimum atomic E-state index is -0.486. The first-order chi connectivity index (χ1) is 21.9. The van der Waals surface area contributed by atoms with Crippen molar-refractivity contribution in [3.8, 4) is 0 Å². The third-order valence-corrected chi connectivity index (χ3v) is 9.33. The quantitative estimate of drug-likeness (QED) is 0.249. The van der Waals surface area contributed by atoms with Crippen LogP contribution in [0.2, 0.25) is 0 Å². The summed E-state index contributed by atoms with van der Waals surface area (Å²) >= 11 is 0. The molecule has 236 valence electrons. The van der Waals surface area contributed by atoms with E-state index >= 15 is 0 Å². The van der Waals surface area contributed by atoms with Crippen LogP contribution in [0.3, 0.4) is 0 Å². The molecule has 7 rings (SSSR count). The number of carbonyl (C=O) groups excluding carboxylic acids is 2. The second kappa shape index (κ2) is 12.4. The first-order valence-corrected chi connectivity index (χ1v) is 15.7. The first-order valence-electron chi connectivity index (χ1n) is 15.7. The van der Waals surface area contributed by atoms with E-state index in [1.807, 2.05) is 13.0 Å². The van der Waals surface area contributed by atoms with Gasteiger partial charge in [-0.2, -0.15) is 9.90 Å². The number of rotatable bonds is 7. The average Bonchev–Trinajstić information content (AvgIpc) is 3.72. The predicted octanol–water partition coefficient (Wildman–Crippen LogP) is 3.50. The van der Waals surface area contributed by atoms with Gasteiger partial charge in [0.2, 0.25) is 0 Å². The van der Waals surface area contributed by atoms with Crippen LogP contribution in [0.15, 0.2) is 36.5 Å². The average molecular weight is 616 g/mol. The van der Waals surface area contributed by atoms with Gasteiger partial charge >= 0.3 is 12.1 Å². The minimum Gasteiger partial charge on any atom is -0.327 e. The fraction of sp³-hybridized carbons (Fsp3) is 0.484. The topological polar surface area (TPSA) is 149 Å². The molecule has 0 bridgehead atoms. The van der Waals surface area contributed by atoms with Gasteiger partial charge in [-0.25, -0.2) is 14.0 Å². The van der Waals surface area contributed by atoms with E-state index in [9.17, 15) is 14.0 Å². The maximum absolute atomic E-state index is 14.2. The summed E-state index contributed by atoms with van der Waals surface area (Å²) in [4.78, 5) is 31.7. The third-order valence-electron chi connectivity index (χ3n) is 9.33. The smallest absolute Gasteiger partial charge is 0.322 e. The monoisotopic (exact) mass is 615 g/mol. The Morgan fingerprint density at radius 3 is 2.80 bits per heavy atom. The molecule has 1 unspecified atom stereocenters. The predicted molar refractivity (Wildman–Crippen MR) is 165 cm³/mol. The molecule has 0 saturated carbocycles. The van der Waals surface area contributed by atoms with E-state index in [2.05, 4.69) is 48.6 Å². The molecule has 2 aromatic heterocycles. The van der Waals surface area contributed by atoms with E-state index < -0.39 is 11.9 Å². The van der Waals surface area contributed by atoms with Gasteiger partial charge in [0.15, 0.2) is 5.82 Å². The summed E-state index contributed by atoms with van der Waals surface area (Å²) in [7, 11) is 0. The lowest BCUT2D eigenvalue weighted by atomic mass is 9.99. The number of H-pyrrole nitrogens is 1. The molecule has 0 radical (unpaired) electrons. The van der Waals surface area contributed by atoms with Crippen LogP contribution >= 0.6 is 0 Å². The molecule has 3 aliphatic rings. The van der Waals surface area contributed by atoms with Crippen molar-refractivity contribution in [2.75, 3.05) is 31.5 Å². The largest absolute Gasteiger partial charge is 0.327 e. The molecule has 2 saturated heterocycles. The highest BCUT2D eigenvalue weighted by atomic mass is 19.1. The molecule has 45 heavy (non-hydrogen) atoms. The molecule has 0 spiro atoms. The number of urea groups is 2. The molecule has 1 atom stereocenters. The van der Waals surface area contributed by atoms with Gasteiger partial charge in [-0.3, -0.25) is 5.10 Å². The van der Waals surface area contributed by atoms with Crippen molar-refractivity contribution < 1.29 is 14.0 Å². The molecule has 14 heteroatoms.